The van der Waals surface area contributed by atoms with Crippen LogP contribution in [-0.2, 0) is 6.42 Å². The SMILES string of the molecule is Cc1nc(-c2ncccn2)nc(C)c1CCCNC1CC1. The number of aromatic nitrogens is 4. The number of aryl methyl sites for hydroxylation is 2. The second kappa shape index (κ2) is 6.26. The Morgan fingerprint density at radius 3 is 2.33 bits per heavy atom. The van der Waals surface area contributed by atoms with Crippen LogP contribution in [0.25, 0.3) is 11.6 Å². The fourth-order valence-electron chi connectivity index (χ4n) is 2.47. The zero-order valence-electron chi connectivity index (χ0n) is 12.6. The molecule has 1 aliphatic carbocycles. The van der Waals surface area contributed by atoms with Crippen LogP contribution in [-0.4, -0.2) is 32.5 Å². The van der Waals surface area contributed by atoms with Gasteiger partial charge in [0.05, 0.1) is 0 Å². The van der Waals surface area contributed by atoms with E-state index in [9.17, 15) is 0 Å². The van der Waals surface area contributed by atoms with Crippen LogP contribution in [0, 0.1) is 13.8 Å². The van der Waals surface area contributed by atoms with Gasteiger partial charge in [-0.25, -0.2) is 19.9 Å². The van der Waals surface area contributed by atoms with Crippen LogP contribution in [0.1, 0.15) is 36.2 Å². The number of hydrogen-bond acceptors (Lipinski definition) is 5. The lowest BCUT2D eigenvalue weighted by atomic mass is 10.1. The van der Waals surface area contributed by atoms with Crippen LogP contribution < -0.4 is 5.32 Å². The summed E-state index contributed by atoms with van der Waals surface area (Å²) in [5, 5.41) is 3.54. The Bertz CT molecular complexity index is 584. The lowest BCUT2D eigenvalue weighted by Gasteiger charge is -2.10. The topological polar surface area (TPSA) is 63.6 Å². The minimum Gasteiger partial charge on any atom is -0.314 e. The van der Waals surface area contributed by atoms with Gasteiger partial charge in [-0.3, -0.25) is 0 Å². The van der Waals surface area contributed by atoms with Crippen molar-refractivity contribution in [1.82, 2.24) is 25.3 Å². The van der Waals surface area contributed by atoms with Crippen molar-refractivity contribution in [3.8, 4) is 11.6 Å². The molecule has 0 amide bonds. The van der Waals surface area contributed by atoms with E-state index in [1.165, 1.54) is 18.4 Å². The average molecular weight is 283 g/mol. The fourth-order valence-corrected chi connectivity index (χ4v) is 2.47. The Balaban J connectivity index is 1.70. The molecule has 1 saturated carbocycles. The highest BCUT2D eigenvalue weighted by Crippen LogP contribution is 2.19. The first-order valence-corrected chi connectivity index (χ1v) is 7.59. The Morgan fingerprint density at radius 2 is 1.71 bits per heavy atom. The molecule has 2 heterocycles. The van der Waals surface area contributed by atoms with Gasteiger partial charge in [-0.2, -0.15) is 0 Å². The van der Waals surface area contributed by atoms with E-state index in [4.69, 9.17) is 0 Å². The number of nitrogens with one attached hydrogen (secondary N) is 1. The molecule has 1 fully saturated rings. The maximum Gasteiger partial charge on any atom is 0.198 e. The van der Waals surface area contributed by atoms with E-state index >= 15 is 0 Å². The molecule has 0 bridgehead atoms. The quantitative estimate of drug-likeness (QED) is 0.824. The minimum absolute atomic E-state index is 0.589. The second-order valence-electron chi connectivity index (χ2n) is 5.60. The first-order chi connectivity index (χ1) is 10.2. The lowest BCUT2D eigenvalue weighted by molar-refractivity contribution is 0.642. The first-order valence-electron chi connectivity index (χ1n) is 7.59. The summed E-state index contributed by atoms with van der Waals surface area (Å²) in [5.41, 5.74) is 3.33. The third-order valence-electron chi connectivity index (χ3n) is 3.80. The minimum atomic E-state index is 0.589. The van der Waals surface area contributed by atoms with Gasteiger partial charge >= 0.3 is 0 Å². The molecule has 0 atom stereocenters. The van der Waals surface area contributed by atoms with Crippen molar-refractivity contribution in [3.63, 3.8) is 0 Å². The van der Waals surface area contributed by atoms with E-state index in [1.54, 1.807) is 18.5 Å². The number of hydrogen-bond donors (Lipinski definition) is 1. The largest absolute Gasteiger partial charge is 0.314 e. The summed E-state index contributed by atoms with van der Waals surface area (Å²) in [4.78, 5) is 17.6. The number of nitrogens with zero attached hydrogens (tertiary/aromatic N) is 4. The smallest absolute Gasteiger partial charge is 0.198 e. The molecule has 3 rings (SSSR count). The van der Waals surface area contributed by atoms with Crippen LogP contribution in [0.5, 0.6) is 0 Å². The van der Waals surface area contributed by atoms with Gasteiger partial charge in [-0.1, -0.05) is 0 Å². The van der Waals surface area contributed by atoms with Gasteiger partial charge in [0.25, 0.3) is 0 Å². The fraction of sp³-hybridized carbons (Fsp3) is 0.500. The lowest BCUT2D eigenvalue weighted by Crippen LogP contribution is -2.18. The van der Waals surface area contributed by atoms with Gasteiger partial charge in [-0.15, -0.1) is 0 Å². The predicted molar refractivity (Wildman–Crippen MR) is 81.9 cm³/mol. The van der Waals surface area contributed by atoms with E-state index < -0.39 is 0 Å². The zero-order valence-corrected chi connectivity index (χ0v) is 12.6. The average Bonchev–Trinajstić information content (AvgIpc) is 3.30. The van der Waals surface area contributed by atoms with Crippen LogP contribution in [0.2, 0.25) is 0 Å². The molecule has 1 N–H and O–H groups in total. The maximum atomic E-state index is 4.57. The van der Waals surface area contributed by atoms with Crippen molar-refractivity contribution in [2.24, 2.45) is 0 Å². The molecular formula is C16H21N5. The summed E-state index contributed by atoms with van der Waals surface area (Å²) in [6.45, 7) is 5.17. The Morgan fingerprint density at radius 1 is 1.05 bits per heavy atom. The summed E-state index contributed by atoms with van der Waals surface area (Å²) in [7, 11) is 0. The molecular weight excluding hydrogens is 262 g/mol. The summed E-state index contributed by atoms with van der Waals surface area (Å²) >= 11 is 0. The van der Waals surface area contributed by atoms with Crippen LogP contribution in [0.15, 0.2) is 18.5 Å². The highest BCUT2D eigenvalue weighted by molar-refractivity contribution is 5.44. The van der Waals surface area contributed by atoms with Crippen molar-refractivity contribution in [2.45, 2.75) is 45.6 Å². The Kier molecular flexibility index (Phi) is 4.20. The summed E-state index contributed by atoms with van der Waals surface area (Å²) < 4.78 is 0. The van der Waals surface area contributed by atoms with E-state index in [0.717, 1.165) is 36.8 Å². The normalized spacial score (nSPS) is 14.4. The molecule has 0 aliphatic heterocycles. The summed E-state index contributed by atoms with van der Waals surface area (Å²) in [6.07, 6.45) is 8.26. The van der Waals surface area contributed by atoms with Crippen LogP contribution >= 0.6 is 0 Å². The summed E-state index contributed by atoms with van der Waals surface area (Å²) in [6, 6.07) is 2.57. The molecule has 0 saturated heterocycles. The van der Waals surface area contributed by atoms with Crippen molar-refractivity contribution in [1.29, 1.82) is 0 Å². The molecule has 21 heavy (non-hydrogen) atoms. The highest BCUT2D eigenvalue weighted by Gasteiger charge is 2.19. The van der Waals surface area contributed by atoms with E-state index in [-0.39, 0.29) is 0 Å². The zero-order chi connectivity index (χ0) is 14.7. The van der Waals surface area contributed by atoms with Crippen LogP contribution in [0.4, 0.5) is 0 Å². The van der Waals surface area contributed by atoms with Crippen molar-refractivity contribution in [2.75, 3.05) is 6.54 Å². The molecule has 5 nitrogen and oxygen atoms in total. The molecule has 0 radical (unpaired) electrons. The summed E-state index contributed by atoms with van der Waals surface area (Å²) in [5.74, 6) is 1.20. The van der Waals surface area contributed by atoms with Crippen LogP contribution in [0.3, 0.4) is 0 Å². The van der Waals surface area contributed by atoms with Gasteiger partial charge in [0.1, 0.15) is 0 Å². The molecule has 2 aromatic rings. The maximum absolute atomic E-state index is 4.57. The molecule has 110 valence electrons. The third-order valence-corrected chi connectivity index (χ3v) is 3.80. The molecule has 0 unspecified atom stereocenters. The highest BCUT2D eigenvalue weighted by atomic mass is 15.0. The molecule has 5 heteroatoms. The van der Waals surface area contributed by atoms with Gasteiger partial charge in [-0.05, 0) is 57.7 Å². The number of rotatable bonds is 6. The predicted octanol–water partition coefficient (Wildman–Crippen LogP) is 2.24. The Labute approximate surface area is 125 Å². The second-order valence-corrected chi connectivity index (χ2v) is 5.60. The Hall–Kier alpha value is -1.88. The van der Waals surface area contributed by atoms with Crippen molar-refractivity contribution >= 4 is 0 Å². The van der Waals surface area contributed by atoms with Crippen molar-refractivity contribution < 1.29 is 0 Å². The van der Waals surface area contributed by atoms with E-state index in [0.29, 0.717) is 11.6 Å². The molecule has 2 aromatic heterocycles. The molecule has 0 aromatic carbocycles. The standard InChI is InChI=1S/C16H21N5/c1-11-14(5-3-8-17-13-6-7-13)12(2)21-16(20-11)15-18-9-4-10-19-15/h4,9-10,13,17H,3,5-8H2,1-2H3. The molecule has 1 aliphatic rings. The van der Waals surface area contributed by atoms with Gasteiger partial charge in [0.15, 0.2) is 11.6 Å². The van der Waals surface area contributed by atoms with E-state index in [1.807, 2.05) is 13.8 Å². The van der Waals surface area contributed by atoms with Gasteiger partial charge in [0.2, 0.25) is 0 Å². The van der Waals surface area contributed by atoms with Crippen molar-refractivity contribution in [3.05, 3.63) is 35.4 Å². The molecule has 0 spiro atoms. The van der Waals surface area contributed by atoms with E-state index in [2.05, 4.69) is 25.3 Å². The van der Waals surface area contributed by atoms with Gasteiger partial charge < -0.3 is 5.32 Å². The first kappa shape index (κ1) is 14.1. The van der Waals surface area contributed by atoms with Gasteiger partial charge in [0, 0.05) is 29.8 Å². The third kappa shape index (κ3) is 3.61. The monoisotopic (exact) mass is 283 g/mol.